The standard InChI is InChI=1S/C17H15ClF3NO/c1-2-13(11-6-4-3-5-7-11)16(23)22-15-10-12(17(19,20)21)8-9-14(15)18/h3-10,13H,2H2,1H3,(H,22,23). The molecule has 2 nitrogen and oxygen atoms in total. The molecular formula is C17H15ClF3NO. The SMILES string of the molecule is CCC(C(=O)Nc1cc(C(F)(F)F)ccc1Cl)c1ccccc1. The first-order chi connectivity index (χ1) is 10.8. The van der Waals surface area contributed by atoms with Crippen molar-refractivity contribution in [2.24, 2.45) is 0 Å². The van der Waals surface area contributed by atoms with Gasteiger partial charge in [0.05, 0.1) is 22.2 Å². The topological polar surface area (TPSA) is 29.1 Å². The minimum Gasteiger partial charge on any atom is -0.324 e. The molecule has 0 radical (unpaired) electrons. The van der Waals surface area contributed by atoms with Gasteiger partial charge in [-0.3, -0.25) is 4.79 Å². The van der Waals surface area contributed by atoms with E-state index in [2.05, 4.69) is 5.32 Å². The number of anilines is 1. The van der Waals surface area contributed by atoms with Crippen LogP contribution in [0.4, 0.5) is 18.9 Å². The van der Waals surface area contributed by atoms with Gasteiger partial charge < -0.3 is 5.32 Å². The summed E-state index contributed by atoms with van der Waals surface area (Å²) in [5.41, 5.74) is -0.0959. The number of amides is 1. The number of carbonyl (C=O) groups is 1. The van der Waals surface area contributed by atoms with Gasteiger partial charge in [-0.2, -0.15) is 13.2 Å². The van der Waals surface area contributed by atoms with Gasteiger partial charge in [0, 0.05) is 0 Å². The second-order valence-electron chi connectivity index (χ2n) is 5.05. The van der Waals surface area contributed by atoms with Crippen LogP contribution in [0.3, 0.4) is 0 Å². The summed E-state index contributed by atoms with van der Waals surface area (Å²) in [6.07, 6.45) is -3.97. The first-order valence-corrected chi connectivity index (χ1v) is 7.43. The molecule has 1 amide bonds. The van der Waals surface area contributed by atoms with Crippen molar-refractivity contribution >= 4 is 23.2 Å². The maximum Gasteiger partial charge on any atom is 0.416 e. The lowest BCUT2D eigenvalue weighted by Crippen LogP contribution is -2.21. The van der Waals surface area contributed by atoms with E-state index in [4.69, 9.17) is 11.6 Å². The molecule has 6 heteroatoms. The summed E-state index contributed by atoms with van der Waals surface area (Å²) in [6, 6.07) is 11.9. The largest absolute Gasteiger partial charge is 0.416 e. The Hall–Kier alpha value is -2.01. The Balaban J connectivity index is 2.26. The summed E-state index contributed by atoms with van der Waals surface area (Å²) in [5.74, 6) is -0.846. The van der Waals surface area contributed by atoms with Crippen LogP contribution in [-0.2, 0) is 11.0 Å². The quantitative estimate of drug-likeness (QED) is 0.782. The average molecular weight is 342 g/mol. The summed E-state index contributed by atoms with van der Waals surface area (Å²) in [7, 11) is 0. The fourth-order valence-corrected chi connectivity index (χ4v) is 2.44. The highest BCUT2D eigenvalue weighted by Gasteiger charge is 2.31. The molecular weight excluding hydrogens is 327 g/mol. The Kier molecular flexibility index (Phi) is 5.31. The zero-order valence-electron chi connectivity index (χ0n) is 12.3. The molecule has 0 saturated heterocycles. The molecule has 2 aromatic rings. The monoisotopic (exact) mass is 341 g/mol. The molecule has 0 saturated carbocycles. The van der Waals surface area contributed by atoms with Crippen molar-refractivity contribution in [1.82, 2.24) is 0 Å². The van der Waals surface area contributed by atoms with Gasteiger partial charge in [0.1, 0.15) is 0 Å². The Morgan fingerprint density at radius 2 is 1.83 bits per heavy atom. The normalized spacial score (nSPS) is 12.7. The van der Waals surface area contributed by atoms with E-state index in [9.17, 15) is 18.0 Å². The van der Waals surface area contributed by atoms with Crippen LogP contribution in [0.5, 0.6) is 0 Å². The highest BCUT2D eigenvalue weighted by Crippen LogP contribution is 2.34. The first kappa shape index (κ1) is 17.3. The molecule has 1 N–H and O–H groups in total. The Bertz CT molecular complexity index is 686. The molecule has 0 heterocycles. The Morgan fingerprint density at radius 1 is 1.17 bits per heavy atom. The molecule has 0 spiro atoms. The van der Waals surface area contributed by atoms with Gasteiger partial charge in [0.2, 0.25) is 5.91 Å². The van der Waals surface area contributed by atoms with Gasteiger partial charge in [-0.05, 0) is 30.2 Å². The van der Waals surface area contributed by atoms with Crippen molar-refractivity contribution in [3.05, 3.63) is 64.7 Å². The lowest BCUT2D eigenvalue weighted by atomic mass is 9.95. The fraction of sp³-hybridized carbons (Fsp3) is 0.235. The summed E-state index contributed by atoms with van der Waals surface area (Å²) < 4.78 is 38.3. The third-order valence-corrected chi connectivity index (χ3v) is 3.81. The van der Waals surface area contributed by atoms with E-state index in [1.807, 2.05) is 37.3 Å². The molecule has 0 aliphatic carbocycles. The predicted octanol–water partition coefficient (Wildman–Crippen LogP) is 5.49. The van der Waals surface area contributed by atoms with E-state index < -0.39 is 17.7 Å². The highest BCUT2D eigenvalue weighted by atomic mass is 35.5. The van der Waals surface area contributed by atoms with Crippen molar-refractivity contribution in [2.75, 3.05) is 5.32 Å². The number of nitrogens with one attached hydrogen (secondary N) is 1. The highest BCUT2D eigenvalue weighted by molar-refractivity contribution is 6.33. The van der Waals surface area contributed by atoms with Gasteiger partial charge in [-0.25, -0.2) is 0 Å². The number of benzene rings is 2. The zero-order valence-corrected chi connectivity index (χ0v) is 13.1. The second-order valence-corrected chi connectivity index (χ2v) is 5.46. The third-order valence-electron chi connectivity index (χ3n) is 3.48. The smallest absolute Gasteiger partial charge is 0.324 e. The number of rotatable bonds is 4. The van der Waals surface area contributed by atoms with Crippen LogP contribution >= 0.6 is 11.6 Å². The minimum absolute atomic E-state index is 0.0409. The number of carbonyl (C=O) groups excluding carboxylic acids is 1. The lowest BCUT2D eigenvalue weighted by Gasteiger charge is -2.17. The van der Waals surface area contributed by atoms with Crippen LogP contribution in [0.2, 0.25) is 5.02 Å². The molecule has 0 aliphatic rings. The van der Waals surface area contributed by atoms with E-state index in [1.165, 1.54) is 0 Å². The zero-order chi connectivity index (χ0) is 17.0. The average Bonchev–Trinajstić information content (AvgIpc) is 2.50. The van der Waals surface area contributed by atoms with E-state index in [-0.39, 0.29) is 16.6 Å². The van der Waals surface area contributed by atoms with Crippen LogP contribution in [-0.4, -0.2) is 5.91 Å². The molecule has 1 unspecified atom stereocenters. The van der Waals surface area contributed by atoms with Gasteiger partial charge in [-0.1, -0.05) is 48.9 Å². The van der Waals surface area contributed by atoms with Crippen LogP contribution < -0.4 is 5.32 Å². The summed E-state index contributed by atoms with van der Waals surface area (Å²) in [6.45, 7) is 1.84. The van der Waals surface area contributed by atoms with Gasteiger partial charge in [0.25, 0.3) is 0 Å². The van der Waals surface area contributed by atoms with Crippen molar-refractivity contribution in [3.63, 3.8) is 0 Å². The molecule has 1 atom stereocenters. The first-order valence-electron chi connectivity index (χ1n) is 7.05. The van der Waals surface area contributed by atoms with Crippen molar-refractivity contribution in [2.45, 2.75) is 25.4 Å². The van der Waals surface area contributed by atoms with Crippen molar-refractivity contribution in [1.29, 1.82) is 0 Å². The molecule has 0 fully saturated rings. The second kappa shape index (κ2) is 7.04. The maximum atomic E-state index is 12.8. The van der Waals surface area contributed by atoms with Crippen LogP contribution in [0, 0.1) is 0 Å². The molecule has 0 aromatic heterocycles. The number of hydrogen-bond donors (Lipinski definition) is 1. The van der Waals surface area contributed by atoms with Crippen molar-refractivity contribution in [3.8, 4) is 0 Å². The number of hydrogen-bond acceptors (Lipinski definition) is 1. The summed E-state index contributed by atoms with van der Waals surface area (Å²) in [4.78, 5) is 12.4. The summed E-state index contributed by atoms with van der Waals surface area (Å²) in [5, 5.41) is 2.57. The van der Waals surface area contributed by atoms with Gasteiger partial charge >= 0.3 is 6.18 Å². The molecule has 2 rings (SSSR count). The van der Waals surface area contributed by atoms with E-state index >= 15 is 0 Å². The molecule has 0 bridgehead atoms. The van der Waals surface area contributed by atoms with E-state index in [0.29, 0.717) is 6.42 Å². The molecule has 122 valence electrons. The summed E-state index contributed by atoms with van der Waals surface area (Å²) >= 11 is 5.90. The third kappa shape index (κ3) is 4.26. The van der Waals surface area contributed by atoms with Crippen LogP contribution in [0.25, 0.3) is 0 Å². The Morgan fingerprint density at radius 3 is 2.39 bits per heavy atom. The van der Waals surface area contributed by atoms with Gasteiger partial charge in [0.15, 0.2) is 0 Å². The minimum atomic E-state index is -4.49. The lowest BCUT2D eigenvalue weighted by molar-refractivity contribution is -0.137. The van der Waals surface area contributed by atoms with Gasteiger partial charge in [-0.15, -0.1) is 0 Å². The van der Waals surface area contributed by atoms with E-state index in [1.54, 1.807) is 0 Å². The molecule has 23 heavy (non-hydrogen) atoms. The van der Waals surface area contributed by atoms with Crippen LogP contribution in [0.1, 0.15) is 30.4 Å². The number of alkyl halides is 3. The molecule has 0 aliphatic heterocycles. The fourth-order valence-electron chi connectivity index (χ4n) is 2.28. The number of halogens is 4. The van der Waals surface area contributed by atoms with Crippen molar-refractivity contribution < 1.29 is 18.0 Å². The molecule has 2 aromatic carbocycles. The maximum absolute atomic E-state index is 12.8. The predicted molar refractivity (Wildman–Crippen MR) is 84.6 cm³/mol. The Labute approximate surface area is 137 Å². The van der Waals surface area contributed by atoms with Crippen LogP contribution in [0.15, 0.2) is 48.5 Å². The van der Waals surface area contributed by atoms with E-state index in [0.717, 1.165) is 23.8 Å².